The van der Waals surface area contributed by atoms with Crippen molar-refractivity contribution in [2.24, 2.45) is 0 Å². The molecule has 0 aliphatic rings. The number of rotatable bonds is 4. The highest BCUT2D eigenvalue weighted by Gasteiger charge is 1.99. The van der Waals surface area contributed by atoms with E-state index in [4.69, 9.17) is 4.74 Å². The molecule has 1 aromatic carbocycles. The van der Waals surface area contributed by atoms with E-state index >= 15 is 0 Å². The lowest BCUT2D eigenvalue weighted by atomic mass is 10.3. The van der Waals surface area contributed by atoms with E-state index in [1.807, 2.05) is 0 Å². The molecule has 0 unspecified atom stereocenters. The first-order valence-corrected chi connectivity index (χ1v) is 4.13. The molecule has 0 heterocycles. The first kappa shape index (κ1) is 9.04. The van der Waals surface area contributed by atoms with Gasteiger partial charge in [-0.1, -0.05) is 19.4 Å². The summed E-state index contributed by atoms with van der Waals surface area (Å²) in [5.41, 5.74) is 0. The second-order valence-electron chi connectivity index (χ2n) is 2.56. The molecule has 2 heteroatoms. The Morgan fingerprint density at radius 1 is 1.58 bits per heavy atom. The first-order valence-electron chi connectivity index (χ1n) is 4.13. The third kappa shape index (κ3) is 2.53. The van der Waals surface area contributed by atoms with Gasteiger partial charge in [-0.05, 0) is 24.6 Å². The van der Waals surface area contributed by atoms with Gasteiger partial charge in [-0.25, -0.2) is 4.39 Å². The van der Waals surface area contributed by atoms with Crippen LogP contribution in [-0.2, 0) is 0 Å². The van der Waals surface area contributed by atoms with Gasteiger partial charge in [0, 0.05) is 0 Å². The number of halogens is 1. The van der Waals surface area contributed by atoms with Gasteiger partial charge in [-0.15, -0.1) is 0 Å². The van der Waals surface area contributed by atoms with Crippen molar-refractivity contribution in [3.8, 4) is 5.75 Å². The standard InChI is InChI=1S/C10H12FO/c1-2-3-8-12-10-7-5-4-6-9(10)11/h5-7H,2-3,8H2,1H3. The van der Waals surface area contributed by atoms with Crippen LogP contribution in [0.5, 0.6) is 5.75 Å². The Kier molecular flexibility index (Phi) is 3.58. The fourth-order valence-electron chi connectivity index (χ4n) is 0.839. The fourth-order valence-corrected chi connectivity index (χ4v) is 0.839. The summed E-state index contributed by atoms with van der Waals surface area (Å²) in [5.74, 6) is -0.0178. The molecule has 0 saturated carbocycles. The highest BCUT2D eigenvalue weighted by atomic mass is 19.1. The third-order valence-corrected chi connectivity index (χ3v) is 1.53. The van der Waals surface area contributed by atoms with Crippen LogP contribution in [0, 0.1) is 11.9 Å². The lowest BCUT2D eigenvalue weighted by molar-refractivity contribution is 0.294. The second-order valence-corrected chi connectivity index (χ2v) is 2.56. The molecular formula is C10H12FO. The molecule has 0 N–H and O–H groups in total. The molecule has 0 spiro atoms. The molecule has 1 aromatic rings. The normalized spacial score (nSPS) is 9.83. The minimum Gasteiger partial charge on any atom is -0.491 e. The molecule has 0 aromatic heterocycles. The van der Waals surface area contributed by atoms with Gasteiger partial charge in [0.05, 0.1) is 6.61 Å². The predicted octanol–water partition coefficient (Wildman–Crippen LogP) is 2.80. The van der Waals surface area contributed by atoms with Gasteiger partial charge >= 0.3 is 0 Å². The summed E-state index contributed by atoms with van der Waals surface area (Å²) in [6, 6.07) is 7.15. The van der Waals surface area contributed by atoms with E-state index in [0.29, 0.717) is 12.4 Å². The molecule has 12 heavy (non-hydrogen) atoms. The maximum absolute atomic E-state index is 12.9. The van der Waals surface area contributed by atoms with E-state index in [9.17, 15) is 4.39 Å². The Morgan fingerprint density at radius 2 is 2.42 bits per heavy atom. The molecular weight excluding hydrogens is 155 g/mol. The van der Waals surface area contributed by atoms with Gasteiger partial charge in [0.1, 0.15) is 0 Å². The maximum atomic E-state index is 12.9. The molecule has 1 rings (SSSR count). The summed E-state index contributed by atoms with van der Waals surface area (Å²) < 4.78 is 18.0. The average Bonchev–Trinajstić information content (AvgIpc) is 2.09. The average molecular weight is 167 g/mol. The minimum absolute atomic E-state index is 0.321. The molecule has 0 saturated heterocycles. The third-order valence-electron chi connectivity index (χ3n) is 1.53. The number of hydrogen-bond donors (Lipinski definition) is 0. The summed E-state index contributed by atoms with van der Waals surface area (Å²) in [7, 11) is 0. The van der Waals surface area contributed by atoms with Crippen LogP contribution in [-0.4, -0.2) is 6.61 Å². The molecule has 0 amide bonds. The monoisotopic (exact) mass is 167 g/mol. The van der Waals surface area contributed by atoms with Crippen molar-refractivity contribution in [2.45, 2.75) is 19.8 Å². The van der Waals surface area contributed by atoms with Crippen molar-refractivity contribution in [3.63, 3.8) is 0 Å². The summed E-state index contributed by atoms with van der Waals surface area (Å²) in [6.45, 7) is 2.65. The van der Waals surface area contributed by atoms with Gasteiger partial charge in [0.25, 0.3) is 0 Å². The number of ether oxygens (including phenoxy) is 1. The zero-order valence-corrected chi connectivity index (χ0v) is 7.14. The molecule has 0 bridgehead atoms. The van der Waals surface area contributed by atoms with Crippen LogP contribution in [0.25, 0.3) is 0 Å². The van der Waals surface area contributed by atoms with Crippen molar-refractivity contribution in [1.82, 2.24) is 0 Å². The first-order chi connectivity index (χ1) is 5.84. The van der Waals surface area contributed by atoms with Crippen LogP contribution in [0.15, 0.2) is 18.2 Å². The van der Waals surface area contributed by atoms with E-state index in [0.717, 1.165) is 12.8 Å². The molecule has 0 atom stereocenters. The number of benzene rings is 1. The largest absolute Gasteiger partial charge is 0.491 e. The van der Waals surface area contributed by atoms with Crippen molar-refractivity contribution in [1.29, 1.82) is 0 Å². The van der Waals surface area contributed by atoms with Crippen LogP contribution in [0.1, 0.15) is 19.8 Å². The van der Waals surface area contributed by atoms with Crippen molar-refractivity contribution in [3.05, 3.63) is 30.1 Å². The summed E-state index contributed by atoms with van der Waals surface area (Å²) in [4.78, 5) is 0. The van der Waals surface area contributed by atoms with Crippen LogP contribution >= 0.6 is 0 Å². The van der Waals surface area contributed by atoms with Crippen LogP contribution in [0.4, 0.5) is 4.39 Å². The predicted molar refractivity (Wildman–Crippen MR) is 45.6 cm³/mol. The van der Waals surface area contributed by atoms with Crippen LogP contribution in [0.3, 0.4) is 0 Å². The zero-order valence-electron chi connectivity index (χ0n) is 7.14. The SMILES string of the molecule is CCCCOc1cc[c]cc1F. The lowest BCUT2D eigenvalue weighted by Gasteiger charge is -2.04. The van der Waals surface area contributed by atoms with Gasteiger partial charge in [-0.3, -0.25) is 0 Å². The summed E-state index contributed by atoms with van der Waals surface area (Å²) in [6.07, 6.45) is 2.01. The van der Waals surface area contributed by atoms with E-state index in [2.05, 4.69) is 13.0 Å². The van der Waals surface area contributed by atoms with Crippen molar-refractivity contribution >= 4 is 0 Å². The highest BCUT2D eigenvalue weighted by molar-refractivity contribution is 5.22. The maximum Gasteiger partial charge on any atom is 0.165 e. The minimum atomic E-state index is -0.339. The number of unbranched alkanes of at least 4 members (excludes halogenated alkanes) is 1. The van der Waals surface area contributed by atoms with Gasteiger partial charge < -0.3 is 4.74 Å². The van der Waals surface area contributed by atoms with Gasteiger partial charge in [-0.2, -0.15) is 0 Å². The molecule has 0 aliphatic heterocycles. The Labute approximate surface area is 72.2 Å². The molecule has 0 aliphatic carbocycles. The lowest BCUT2D eigenvalue weighted by Crippen LogP contribution is -1.97. The Bertz CT molecular complexity index is 235. The smallest absolute Gasteiger partial charge is 0.165 e. The van der Waals surface area contributed by atoms with E-state index in [-0.39, 0.29) is 5.82 Å². The second kappa shape index (κ2) is 4.75. The van der Waals surface area contributed by atoms with Gasteiger partial charge in [0.15, 0.2) is 11.6 Å². The van der Waals surface area contributed by atoms with E-state index in [1.54, 1.807) is 12.1 Å². The summed E-state index contributed by atoms with van der Waals surface area (Å²) >= 11 is 0. The number of hydrogen-bond acceptors (Lipinski definition) is 1. The molecule has 1 radical (unpaired) electrons. The van der Waals surface area contributed by atoms with Crippen molar-refractivity contribution < 1.29 is 9.13 Å². The summed E-state index contributed by atoms with van der Waals surface area (Å²) in [5, 5.41) is 0. The van der Waals surface area contributed by atoms with E-state index in [1.165, 1.54) is 6.07 Å². The highest BCUT2D eigenvalue weighted by Crippen LogP contribution is 2.15. The van der Waals surface area contributed by atoms with Crippen molar-refractivity contribution in [2.75, 3.05) is 6.61 Å². The Balaban J connectivity index is 2.46. The Hall–Kier alpha value is -1.05. The Morgan fingerprint density at radius 3 is 3.08 bits per heavy atom. The van der Waals surface area contributed by atoms with Gasteiger partial charge in [0.2, 0.25) is 0 Å². The van der Waals surface area contributed by atoms with Crippen LogP contribution in [0.2, 0.25) is 0 Å². The topological polar surface area (TPSA) is 9.23 Å². The molecule has 65 valence electrons. The van der Waals surface area contributed by atoms with Crippen LogP contribution < -0.4 is 4.74 Å². The molecule has 0 fully saturated rings. The molecule has 1 nitrogen and oxygen atoms in total. The van der Waals surface area contributed by atoms with E-state index < -0.39 is 0 Å². The quantitative estimate of drug-likeness (QED) is 0.626. The fraction of sp³-hybridized carbons (Fsp3) is 0.400. The zero-order chi connectivity index (χ0) is 8.81.